The maximum atomic E-state index is 15.0. The molecule has 0 radical (unpaired) electrons. The molecule has 1 aliphatic heterocycles. The van der Waals surface area contributed by atoms with Crippen LogP contribution in [0.2, 0.25) is 5.02 Å². The van der Waals surface area contributed by atoms with Gasteiger partial charge in [-0.25, -0.2) is 4.39 Å². The highest BCUT2D eigenvalue weighted by Gasteiger charge is 2.34. The van der Waals surface area contributed by atoms with Gasteiger partial charge in [-0.2, -0.15) is 5.10 Å². The summed E-state index contributed by atoms with van der Waals surface area (Å²) in [5.41, 5.74) is 3.98. The Morgan fingerprint density at radius 1 is 1.10 bits per heavy atom. The van der Waals surface area contributed by atoms with E-state index in [0.717, 1.165) is 43.7 Å². The smallest absolute Gasteiger partial charge is 0.129 e. The number of aryl methyl sites for hydroxylation is 1. The van der Waals surface area contributed by atoms with Crippen LogP contribution in [0.25, 0.3) is 10.9 Å². The quantitative estimate of drug-likeness (QED) is 0.493. The van der Waals surface area contributed by atoms with Gasteiger partial charge in [-0.3, -0.25) is 9.58 Å². The molecule has 0 amide bonds. The van der Waals surface area contributed by atoms with Gasteiger partial charge in [-0.15, -0.1) is 0 Å². The van der Waals surface area contributed by atoms with Gasteiger partial charge in [-0.1, -0.05) is 35.9 Å². The molecule has 148 valence electrons. The number of benzene rings is 2. The van der Waals surface area contributed by atoms with Crippen molar-refractivity contribution < 1.29 is 4.39 Å². The van der Waals surface area contributed by atoms with Crippen molar-refractivity contribution in [2.75, 3.05) is 13.1 Å². The van der Waals surface area contributed by atoms with Gasteiger partial charge in [-0.05, 0) is 42.7 Å². The van der Waals surface area contributed by atoms with E-state index in [9.17, 15) is 4.39 Å². The number of halogens is 2. The lowest BCUT2D eigenvalue weighted by Crippen LogP contribution is -2.37. The van der Waals surface area contributed by atoms with Gasteiger partial charge >= 0.3 is 0 Å². The van der Waals surface area contributed by atoms with Crippen LogP contribution >= 0.6 is 11.6 Å². The summed E-state index contributed by atoms with van der Waals surface area (Å²) in [5, 5.41) is 5.97. The van der Waals surface area contributed by atoms with Crippen LogP contribution in [0.4, 0.5) is 4.39 Å². The average Bonchev–Trinajstić information content (AvgIpc) is 3.36. The number of nitrogens with one attached hydrogen (secondary N) is 1. The molecule has 4 nitrogen and oxygen atoms in total. The zero-order chi connectivity index (χ0) is 19.8. The molecule has 4 aromatic rings. The number of fused-ring (bicyclic) bond motifs is 3. The molecule has 1 atom stereocenters. The van der Waals surface area contributed by atoms with Crippen molar-refractivity contribution in [3.05, 3.63) is 88.6 Å². The Balaban J connectivity index is 1.54. The van der Waals surface area contributed by atoms with E-state index in [1.54, 1.807) is 18.3 Å². The third-order valence-corrected chi connectivity index (χ3v) is 6.13. The highest BCUT2D eigenvalue weighted by atomic mass is 35.5. The lowest BCUT2D eigenvalue weighted by Gasteiger charge is -2.36. The number of para-hydroxylation sites is 1. The second kappa shape index (κ2) is 7.65. The first-order valence-corrected chi connectivity index (χ1v) is 10.3. The number of hydrogen-bond donors (Lipinski definition) is 1. The van der Waals surface area contributed by atoms with Crippen LogP contribution in [-0.4, -0.2) is 32.8 Å². The minimum absolute atomic E-state index is 0.225. The van der Waals surface area contributed by atoms with E-state index >= 15 is 0 Å². The molecule has 1 unspecified atom stereocenters. The van der Waals surface area contributed by atoms with E-state index in [1.165, 1.54) is 17.0 Å². The van der Waals surface area contributed by atoms with Crippen molar-refractivity contribution >= 4 is 22.5 Å². The number of aromatic nitrogens is 3. The van der Waals surface area contributed by atoms with E-state index in [1.807, 2.05) is 23.0 Å². The van der Waals surface area contributed by atoms with Crippen molar-refractivity contribution in [1.82, 2.24) is 19.7 Å². The van der Waals surface area contributed by atoms with Crippen LogP contribution in [0.1, 0.15) is 29.3 Å². The maximum Gasteiger partial charge on any atom is 0.129 e. The Labute approximate surface area is 173 Å². The highest BCUT2D eigenvalue weighted by Crippen LogP contribution is 2.41. The van der Waals surface area contributed by atoms with Gasteiger partial charge in [0.1, 0.15) is 5.82 Å². The summed E-state index contributed by atoms with van der Waals surface area (Å²) < 4.78 is 16.9. The zero-order valence-electron chi connectivity index (χ0n) is 16.0. The van der Waals surface area contributed by atoms with E-state index in [4.69, 9.17) is 11.6 Å². The molecule has 1 aliphatic rings. The van der Waals surface area contributed by atoms with Crippen LogP contribution in [-0.2, 0) is 13.0 Å². The molecule has 3 heterocycles. The van der Waals surface area contributed by atoms with Crippen molar-refractivity contribution in [2.24, 2.45) is 0 Å². The molecule has 2 aromatic carbocycles. The fourth-order valence-corrected chi connectivity index (χ4v) is 4.77. The van der Waals surface area contributed by atoms with Gasteiger partial charge in [0.15, 0.2) is 0 Å². The van der Waals surface area contributed by atoms with Crippen LogP contribution in [0, 0.1) is 5.82 Å². The Morgan fingerprint density at radius 2 is 2.00 bits per heavy atom. The van der Waals surface area contributed by atoms with Crippen LogP contribution in [0.5, 0.6) is 0 Å². The SMILES string of the molecule is Fc1cccc(Cl)c1C1c2[nH]c3ccccc3c2CCN1CCCn1cccn1. The highest BCUT2D eigenvalue weighted by molar-refractivity contribution is 6.31. The first-order chi connectivity index (χ1) is 14.2. The van der Waals surface area contributed by atoms with E-state index in [-0.39, 0.29) is 11.9 Å². The first kappa shape index (κ1) is 18.4. The minimum Gasteiger partial charge on any atom is -0.357 e. The molecule has 0 bridgehead atoms. The van der Waals surface area contributed by atoms with Crippen molar-refractivity contribution in [3.8, 4) is 0 Å². The lowest BCUT2D eigenvalue weighted by molar-refractivity contribution is 0.200. The summed E-state index contributed by atoms with van der Waals surface area (Å²) in [6, 6.07) is 14.9. The Hall–Kier alpha value is -2.63. The molecule has 29 heavy (non-hydrogen) atoms. The standard InChI is InChI=1S/C23H22ClFN4/c24-18-7-3-8-19(25)21(18)23-22-17(16-6-1-2-9-20(16)27-22)10-15-28(23)12-5-14-29-13-4-11-26-29/h1-4,6-9,11,13,23,27H,5,10,12,14-15H2. The molecular formula is C23H22ClFN4. The molecular weight excluding hydrogens is 387 g/mol. The van der Waals surface area contributed by atoms with Gasteiger partial charge in [0, 0.05) is 59.2 Å². The minimum atomic E-state index is -0.258. The van der Waals surface area contributed by atoms with Crippen LogP contribution < -0.4 is 0 Å². The molecule has 0 saturated heterocycles. The largest absolute Gasteiger partial charge is 0.357 e. The Kier molecular flexibility index (Phi) is 4.86. The number of rotatable bonds is 5. The number of H-pyrrole nitrogens is 1. The number of nitrogens with zero attached hydrogens (tertiary/aromatic N) is 3. The van der Waals surface area contributed by atoms with Gasteiger partial charge in [0.05, 0.1) is 6.04 Å². The fraction of sp³-hybridized carbons (Fsp3) is 0.261. The summed E-state index contributed by atoms with van der Waals surface area (Å²) in [6.07, 6.45) is 5.63. The summed E-state index contributed by atoms with van der Waals surface area (Å²) in [6.45, 7) is 2.54. The molecule has 6 heteroatoms. The molecule has 0 spiro atoms. The predicted octanol–water partition coefficient (Wildman–Crippen LogP) is 5.19. The van der Waals surface area contributed by atoms with Crippen molar-refractivity contribution in [2.45, 2.75) is 25.4 Å². The maximum absolute atomic E-state index is 15.0. The number of aromatic amines is 1. The molecule has 0 fully saturated rings. The molecule has 5 rings (SSSR count). The van der Waals surface area contributed by atoms with Gasteiger partial charge in [0.2, 0.25) is 0 Å². The normalized spacial score (nSPS) is 17.0. The van der Waals surface area contributed by atoms with Crippen molar-refractivity contribution in [1.29, 1.82) is 0 Å². The first-order valence-electron chi connectivity index (χ1n) is 9.97. The van der Waals surface area contributed by atoms with Gasteiger partial charge in [0.25, 0.3) is 0 Å². The van der Waals surface area contributed by atoms with E-state index in [0.29, 0.717) is 10.6 Å². The zero-order valence-corrected chi connectivity index (χ0v) is 16.7. The monoisotopic (exact) mass is 408 g/mol. The third-order valence-electron chi connectivity index (χ3n) is 5.80. The Bertz CT molecular complexity index is 1110. The molecule has 1 N–H and O–H groups in total. The van der Waals surface area contributed by atoms with Crippen LogP contribution in [0.15, 0.2) is 60.9 Å². The molecule has 0 saturated carbocycles. The summed E-state index contributed by atoms with van der Waals surface area (Å²) in [7, 11) is 0. The molecule has 0 aliphatic carbocycles. The second-order valence-corrected chi connectivity index (χ2v) is 7.92. The molecule has 2 aromatic heterocycles. The van der Waals surface area contributed by atoms with Gasteiger partial charge < -0.3 is 4.98 Å². The predicted molar refractivity (Wildman–Crippen MR) is 114 cm³/mol. The fourth-order valence-electron chi connectivity index (χ4n) is 4.50. The third kappa shape index (κ3) is 3.34. The van der Waals surface area contributed by atoms with E-state index in [2.05, 4.69) is 33.2 Å². The second-order valence-electron chi connectivity index (χ2n) is 7.51. The van der Waals surface area contributed by atoms with Crippen molar-refractivity contribution in [3.63, 3.8) is 0 Å². The van der Waals surface area contributed by atoms with E-state index < -0.39 is 0 Å². The van der Waals surface area contributed by atoms with Crippen LogP contribution in [0.3, 0.4) is 0 Å². The number of hydrogen-bond acceptors (Lipinski definition) is 2. The lowest BCUT2D eigenvalue weighted by atomic mass is 9.92. The summed E-state index contributed by atoms with van der Waals surface area (Å²) in [4.78, 5) is 5.91. The Morgan fingerprint density at radius 3 is 2.83 bits per heavy atom. The summed E-state index contributed by atoms with van der Waals surface area (Å²) >= 11 is 6.51. The average molecular weight is 409 g/mol. The summed E-state index contributed by atoms with van der Waals surface area (Å²) in [5.74, 6) is -0.258. The topological polar surface area (TPSA) is 36.9 Å².